The molecule has 0 aliphatic carbocycles. The monoisotopic (exact) mass is 297 g/mol. The summed E-state index contributed by atoms with van der Waals surface area (Å²) in [5.41, 5.74) is 0.811. The topological polar surface area (TPSA) is 94.1 Å². The number of carboxylic acid groups (broad SMARTS) is 1. The number of aliphatic carboxylic acids is 1. The zero-order valence-electron chi connectivity index (χ0n) is 11.9. The van der Waals surface area contributed by atoms with E-state index in [0.717, 1.165) is 5.56 Å². The molecule has 1 rings (SSSR count). The van der Waals surface area contributed by atoms with E-state index in [1.165, 1.54) is 14.2 Å². The minimum Gasteiger partial charge on any atom is -0.480 e. The molecule has 0 heterocycles. The zero-order chi connectivity index (χ0) is 15.7. The van der Waals surface area contributed by atoms with Crippen LogP contribution < -0.4 is 5.32 Å². The van der Waals surface area contributed by atoms with Crippen molar-refractivity contribution in [3.8, 4) is 0 Å². The smallest absolute Gasteiger partial charge is 0.408 e. The van der Waals surface area contributed by atoms with Gasteiger partial charge in [-0.25, -0.2) is 9.59 Å². The number of carboxylic acids is 1. The summed E-state index contributed by atoms with van der Waals surface area (Å²) in [6.07, 6.45) is -1.55. The minimum absolute atomic E-state index is 0.0250. The van der Waals surface area contributed by atoms with Crippen LogP contribution in [0.1, 0.15) is 12.0 Å². The molecule has 7 heteroatoms. The van der Waals surface area contributed by atoms with Crippen molar-refractivity contribution in [3.05, 3.63) is 35.9 Å². The highest BCUT2D eigenvalue weighted by atomic mass is 16.7. The summed E-state index contributed by atoms with van der Waals surface area (Å²) in [5, 5.41) is 11.3. The third kappa shape index (κ3) is 6.24. The third-order valence-corrected chi connectivity index (χ3v) is 2.76. The van der Waals surface area contributed by atoms with Crippen molar-refractivity contribution in [3.63, 3.8) is 0 Å². The van der Waals surface area contributed by atoms with Gasteiger partial charge in [0.25, 0.3) is 0 Å². The summed E-state index contributed by atoms with van der Waals surface area (Å²) in [6.45, 7) is 0.0665. The first-order valence-electron chi connectivity index (χ1n) is 6.32. The molecule has 0 spiro atoms. The van der Waals surface area contributed by atoms with Gasteiger partial charge in [0.2, 0.25) is 0 Å². The van der Waals surface area contributed by atoms with E-state index in [2.05, 4.69) is 5.32 Å². The van der Waals surface area contributed by atoms with Crippen molar-refractivity contribution in [2.24, 2.45) is 0 Å². The number of rotatable bonds is 8. The number of alkyl carbamates (subject to hydrolysis) is 1. The Morgan fingerprint density at radius 1 is 1.19 bits per heavy atom. The highest BCUT2D eigenvalue weighted by molar-refractivity contribution is 5.79. The van der Waals surface area contributed by atoms with Crippen LogP contribution >= 0.6 is 0 Å². The molecule has 2 N–H and O–H groups in total. The van der Waals surface area contributed by atoms with E-state index in [1.54, 1.807) is 12.1 Å². The molecule has 1 aromatic rings. The predicted molar refractivity (Wildman–Crippen MR) is 73.6 cm³/mol. The lowest BCUT2D eigenvalue weighted by Crippen LogP contribution is -2.43. The van der Waals surface area contributed by atoms with Gasteiger partial charge in [-0.15, -0.1) is 0 Å². The van der Waals surface area contributed by atoms with Crippen molar-refractivity contribution in [2.45, 2.75) is 25.4 Å². The highest BCUT2D eigenvalue weighted by Gasteiger charge is 2.24. The SMILES string of the molecule is COC(C[C@H](NC(=O)OCc1ccccc1)C(=O)O)OC. The van der Waals surface area contributed by atoms with Crippen LogP contribution in [0.25, 0.3) is 0 Å². The number of carbonyl (C=O) groups excluding carboxylic acids is 1. The van der Waals surface area contributed by atoms with Gasteiger partial charge in [0.05, 0.1) is 0 Å². The van der Waals surface area contributed by atoms with E-state index in [0.29, 0.717) is 0 Å². The van der Waals surface area contributed by atoms with E-state index in [9.17, 15) is 9.59 Å². The summed E-state index contributed by atoms with van der Waals surface area (Å²) in [5.74, 6) is -1.19. The minimum atomic E-state index is -1.19. The molecule has 7 nitrogen and oxygen atoms in total. The van der Waals surface area contributed by atoms with Crippen molar-refractivity contribution in [1.82, 2.24) is 5.32 Å². The van der Waals surface area contributed by atoms with Gasteiger partial charge in [0.1, 0.15) is 12.6 Å². The van der Waals surface area contributed by atoms with Crippen LogP contribution in [0, 0.1) is 0 Å². The van der Waals surface area contributed by atoms with Gasteiger partial charge >= 0.3 is 12.1 Å². The number of hydrogen-bond donors (Lipinski definition) is 2. The summed E-state index contributed by atoms with van der Waals surface area (Å²) < 4.78 is 14.8. The number of nitrogens with one attached hydrogen (secondary N) is 1. The molecule has 0 radical (unpaired) electrons. The van der Waals surface area contributed by atoms with Crippen LogP contribution in [0.15, 0.2) is 30.3 Å². The molecule has 0 fully saturated rings. The van der Waals surface area contributed by atoms with E-state index < -0.39 is 24.4 Å². The van der Waals surface area contributed by atoms with Crippen LogP contribution in [0.5, 0.6) is 0 Å². The lowest BCUT2D eigenvalue weighted by atomic mass is 10.2. The second-order valence-electron chi connectivity index (χ2n) is 4.23. The second kappa shape index (κ2) is 8.93. The normalized spacial score (nSPS) is 12.0. The molecule has 21 heavy (non-hydrogen) atoms. The van der Waals surface area contributed by atoms with Crippen molar-refractivity contribution in [1.29, 1.82) is 0 Å². The van der Waals surface area contributed by atoms with Crippen LogP contribution in [0.4, 0.5) is 4.79 Å². The zero-order valence-corrected chi connectivity index (χ0v) is 11.9. The number of amides is 1. The summed E-state index contributed by atoms with van der Waals surface area (Å²) in [6, 6.07) is 7.93. The van der Waals surface area contributed by atoms with E-state index in [-0.39, 0.29) is 13.0 Å². The summed E-state index contributed by atoms with van der Waals surface area (Å²) in [4.78, 5) is 22.7. The molecular weight excluding hydrogens is 278 g/mol. The van der Waals surface area contributed by atoms with Gasteiger partial charge in [0.15, 0.2) is 6.29 Å². The molecule has 1 amide bonds. The fourth-order valence-corrected chi connectivity index (χ4v) is 1.61. The molecule has 0 saturated carbocycles. The van der Waals surface area contributed by atoms with Crippen molar-refractivity contribution < 1.29 is 28.9 Å². The Balaban J connectivity index is 2.47. The first kappa shape index (κ1) is 16.9. The molecular formula is C14H19NO6. The molecule has 0 aliphatic rings. The summed E-state index contributed by atoms with van der Waals surface area (Å²) in [7, 11) is 2.78. The van der Waals surface area contributed by atoms with Crippen LogP contribution in [-0.4, -0.2) is 43.7 Å². The quantitative estimate of drug-likeness (QED) is 0.704. The Bertz CT molecular complexity index is 446. The molecule has 1 atom stereocenters. The van der Waals surface area contributed by atoms with Gasteiger partial charge in [-0.05, 0) is 5.56 Å². The Morgan fingerprint density at radius 2 is 1.81 bits per heavy atom. The number of methoxy groups -OCH3 is 2. The van der Waals surface area contributed by atoms with Crippen molar-refractivity contribution >= 4 is 12.1 Å². The molecule has 1 aromatic carbocycles. The van der Waals surface area contributed by atoms with Crippen LogP contribution in [-0.2, 0) is 25.6 Å². The molecule has 0 unspecified atom stereocenters. The molecule has 116 valence electrons. The average molecular weight is 297 g/mol. The highest BCUT2D eigenvalue weighted by Crippen LogP contribution is 2.05. The van der Waals surface area contributed by atoms with Gasteiger partial charge < -0.3 is 24.6 Å². The first-order chi connectivity index (χ1) is 10.1. The van der Waals surface area contributed by atoms with Crippen molar-refractivity contribution in [2.75, 3.05) is 14.2 Å². The van der Waals surface area contributed by atoms with Gasteiger partial charge in [-0.2, -0.15) is 0 Å². The third-order valence-electron chi connectivity index (χ3n) is 2.76. The standard InChI is InChI=1S/C14H19NO6/c1-19-12(20-2)8-11(13(16)17)15-14(18)21-9-10-6-4-3-5-7-10/h3-7,11-12H,8-9H2,1-2H3,(H,15,18)(H,16,17)/t11-/m0/s1. The number of benzene rings is 1. The predicted octanol–water partition coefficient (Wildman–Crippen LogP) is 1.38. The Hall–Kier alpha value is -2.12. The van der Waals surface area contributed by atoms with Crippen LogP contribution in [0.2, 0.25) is 0 Å². The average Bonchev–Trinajstić information content (AvgIpc) is 2.50. The maximum absolute atomic E-state index is 11.6. The van der Waals surface area contributed by atoms with Gasteiger partial charge in [0, 0.05) is 20.6 Å². The fraction of sp³-hybridized carbons (Fsp3) is 0.429. The van der Waals surface area contributed by atoms with E-state index in [1.807, 2.05) is 18.2 Å². The Kier molecular flexibility index (Phi) is 7.20. The molecule has 0 bridgehead atoms. The van der Waals surface area contributed by atoms with Gasteiger partial charge in [-0.1, -0.05) is 30.3 Å². The molecule has 0 aromatic heterocycles. The largest absolute Gasteiger partial charge is 0.480 e. The van der Waals surface area contributed by atoms with E-state index in [4.69, 9.17) is 19.3 Å². The second-order valence-corrected chi connectivity index (χ2v) is 4.23. The molecule has 0 saturated heterocycles. The van der Waals surface area contributed by atoms with Crippen LogP contribution in [0.3, 0.4) is 0 Å². The lowest BCUT2D eigenvalue weighted by molar-refractivity contribution is -0.146. The number of ether oxygens (including phenoxy) is 3. The summed E-state index contributed by atoms with van der Waals surface area (Å²) >= 11 is 0. The molecule has 0 aliphatic heterocycles. The lowest BCUT2D eigenvalue weighted by Gasteiger charge is -2.19. The number of carbonyl (C=O) groups is 2. The van der Waals surface area contributed by atoms with E-state index >= 15 is 0 Å². The number of hydrogen-bond acceptors (Lipinski definition) is 5. The maximum Gasteiger partial charge on any atom is 0.408 e. The Labute approximate surface area is 122 Å². The maximum atomic E-state index is 11.6. The first-order valence-corrected chi connectivity index (χ1v) is 6.32. The Morgan fingerprint density at radius 3 is 2.33 bits per heavy atom. The fourth-order valence-electron chi connectivity index (χ4n) is 1.61. The van der Waals surface area contributed by atoms with Gasteiger partial charge in [-0.3, -0.25) is 0 Å².